The van der Waals surface area contributed by atoms with Gasteiger partial charge in [0.05, 0.1) is 10.7 Å². The quantitative estimate of drug-likeness (QED) is 0.732. The molecule has 3 N–H and O–H groups in total. The topological polar surface area (TPSA) is 50.9 Å². The third kappa shape index (κ3) is 2.89. The second-order valence-electron chi connectivity index (χ2n) is 2.88. The number of rotatable bonds is 4. The molecule has 3 nitrogen and oxygen atoms in total. The Balaban J connectivity index is 2.33. The van der Waals surface area contributed by atoms with E-state index < -0.39 is 0 Å². The fourth-order valence-corrected chi connectivity index (χ4v) is 1.46. The van der Waals surface area contributed by atoms with Gasteiger partial charge in [0.1, 0.15) is 0 Å². The van der Waals surface area contributed by atoms with Crippen LogP contribution in [0.4, 0.5) is 0 Å². The summed E-state index contributed by atoms with van der Waals surface area (Å²) < 4.78 is 0. The maximum Gasteiger partial charge on any atom is 0.0897 e. The molecule has 12 heavy (non-hydrogen) atoms. The summed E-state index contributed by atoms with van der Waals surface area (Å²) in [7, 11) is 0. The van der Waals surface area contributed by atoms with Gasteiger partial charge in [-0.25, -0.2) is 4.98 Å². The maximum absolute atomic E-state index is 5.46. The van der Waals surface area contributed by atoms with Crippen LogP contribution in [0.1, 0.15) is 17.6 Å². The van der Waals surface area contributed by atoms with Gasteiger partial charge in [-0.05, 0) is 13.8 Å². The van der Waals surface area contributed by atoms with Gasteiger partial charge in [-0.1, -0.05) is 0 Å². The van der Waals surface area contributed by atoms with Crippen LogP contribution in [-0.4, -0.2) is 17.6 Å². The number of hydrogen-bond acceptors (Lipinski definition) is 4. The number of nitrogens with one attached hydrogen (secondary N) is 1. The summed E-state index contributed by atoms with van der Waals surface area (Å²) >= 11 is 1.68. The number of nitrogens with zero attached hydrogens (tertiary/aromatic N) is 1. The Labute approximate surface area is 77.0 Å². The summed E-state index contributed by atoms with van der Waals surface area (Å²) in [4.78, 5) is 4.33. The SMILES string of the molecule is Cc1nc(CNC(C)CN)cs1. The van der Waals surface area contributed by atoms with Crippen molar-refractivity contribution >= 4 is 11.3 Å². The summed E-state index contributed by atoms with van der Waals surface area (Å²) in [6.07, 6.45) is 0. The van der Waals surface area contributed by atoms with Gasteiger partial charge in [0.2, 0.25) is 0 Å². The third-order valence-electron chi connectivity index (χ3n) is 1.65. The lowest BCUT2D eigenvalue weighted by atomic mass is 10.3. The summed E-state index contributed by atoms with van der Waals surface area (Å²) in [6.45, 7) is 5.57. The van der Waals surface area contributed by atoms with Gasteiger partial charge in [-0.15, -0.1) is 11.3 Å². The van der Waals surface area contributed by atoms with Crippen molar-refractivity contribution in [2.75, 3.05) is 6.54 Å². The van der Waals surface area contributed by atoms with E-state index >= 15 is 0 Å². The minimum atomic E-state index is 0.368. The van der Waals surface area contributed by atoms with Gasteiger partial charge < -0.3 is 11.1 Å². The molecule has 0 fully saturated rings. The van der Waals surface area contributed by atoms with Gasteiger partial charge >= 0.3 is 0 Å². The smallest absolute Gasteiger partial charge is 0.0897 e. The van der Waals surface area contributed by atoms with Crippen molar-refractivity contribution in [2.45, 2.75) is 26.4 Å². The Morgan fingerprint density at radius 3 is 3.00 bits per heavy atom. The van der Waals surface area contributed by atoms with E-state index in [-0.39, 0.29) is 0 Å². The molecule has 1 atom stereocenters. The van der Waals surface area contributed by atoms with E-state index in [2.05, 4.69) is 22.6 Å². The van der Waals surface area contributed by atoms with Crippen LogP contribution in [0.15, 0.2) is 5.38 Å². The lowest BCUT2D eigenvalue weighted by molar-refractivity contribution is 0.551. The van der Waals surface area contributed by atoms with Gasteiger partial charge in [0, 0.05) is 24.5 Å². The summed E-state index contributed by atoms with van der Waals surface area (Å²) in [5.74, 6) is 0. The molecule has 0 saturated heterocycles. The normalized spacial score (nSPS) is 13.2. The molecule has 0 saturated carbocycles. The number of nitrogens with two attached hydrogens (primary N) is 1. The van der Waals surface area contributed by atoms with Crippen molar-refractivity contribution in [1.29, 1.82) is 0 Å². The third-order valence-corrected chi connectivity index (χ3v) is 2.47. The van der Waals surface area contributed by atoms with E-state index in [4.69, 9.17) is 5.73 Å². The molecule has 0 radical (unpaired) electrons. The molecule has 0 bridgehead atoms. The van der Waals surface area contributed by atoms with Crippen molar-refractivity contribution in [2.24, 2.45) is 5.73 Å². The Kier molecular flexibility index (Phi) is 3.65. The average molecular weight is 185 g/mol. The highest BCUT2D eigenvalue weighted by atomic mass is 32.1. The number of thiazole rings is 1. The van der Waals surface area contributed by atoms with Crippen LogP contribution < -0.4 is 11.1 Å². The van der Waals surface area contributed by atoms with E-state index in [0.717, 1.165) is 17.2 Å². The molecule has 0 amide bonds. The first kappa shape index (κ1) is 9.64. The highest BCUT2D eigenvalue weighted by Crippen LogP contribution is 2.07. The van der Waals surface area contributed by atoms with Crippen LogP contribution in [0, 0.1) is 6.92 Å². The molecule has 0 aliphatic rings. The predicted molar refractivity (Wildman–Crippen MR) is 52.2 cm³/mol. The minimum absolute atomic E-state index is 0.368. The summed E-state index contributed by atoms with van der Waals surface area (Å²) in [5, 5.41) is 6.47. The first-order chi connectivity index (χ1) is 5.72. The highest BCUT2D eigenvalue weighted by Gasteiger charge is 2.00. The summed E-state index contributed by atoms with van der Waals surface area (Å²) in [5.41, 5.74) is 6.57. The standard InChI is InChI=1S/C8H15N3S/c1-6(3-9)10-4-8-5-12-7(2)11-8/h5-6,10H,3-4,9H2,1-2H3. The molecule has 4 heteroatoms. The van der Waals surface area contributed by atoms with Crippen LogP contribution in [0.3, 0.4) is 0 Å². The van der Waals surface area contributed by atoms with E-state index in [0.29, 0.717) is 12.6 Å². The van der Waals surface area contributed by atoms with E-state index in [1.165, 1.54) is 0 Å². The second kappa shape index (κ2) is 4.54. The molecule has 0 spiro atoms. The van der Waals surface area contributed by atoms with Gasteiger partial charge in [-0.2, -0.15) is 0 Å². The predicted octanol–water partition coefficient (Wildman–Crippen LogP) is 0.888. The van der Waals surface area contributed by atoms with Gasteiger partial charge in [-0.3, -0.25) is 0 Å². The van der Waals surface area contributed by atoms with Crippen molar-refractivity contribution in [3.8, 4) is 0 Å². The molecule has 1 aromatic rings. The van der Waals surface area contributed by atoms with Crippen molar-refractivity contribution in [3.05, 3.63) is 16.1 Å². The molecule has 0 aliphatic carbocycles. The first-order valence-electron chi connectivity index (χ1n) is 4.07. The molecule has 1 aromatic heterocycles. The molecule has 68 valence electrons. The maximum atomic E-state index is 5.46. The zero-order valence-corrected chi connectivity index (χ0v) is 8.32. The van der Waals surface area contributed by atoms with Crippen LogP contribution in [0.5, 0.6) is 0 Å². The second-order valence-corrected chi connectivity index (χ2v) is 3.94. The first-order valence-corrected chi connectivity index (χ1v) is 4.94. The molecule has 1 heterocycles. The summed E-state index contributed by atoms with van der Waals surface area (Å²) in [6, 6.07) is 0.368. The zero-order chi connectivity index (χ0) is 8.97. The molecular weight excluding hydrogens is 170 g/mol. The highest BCUT2D eigenvalue weighted by molar-refractivity contribution is 7.09. The van der Waals surface area contributed by atoms with E-state index in [1.54, 1.807) is 11.3 Å². The minimum Gasteiger partial charge on any atom is -0.329 e. The van der Waals surface area contributed by atoms with E-state index in [1.807, 2.05) is 6.92 Å². The molecule has 1 unspecified atom stereocenters. The fourth-order valence-electron chi connectivity index (χ4n) is 0.852. The Morgan fingerprint density at radius 1 is 1.75 bits per heavy atom. The van der Waals surface area contributed by atoms with Crippen molar-refractivity contribution in [1.82, 2.24) is 10.3 Å². The zero-order valence-electron chi connectivity index (χ0n) is 7.50. The van der Waals surface area contributed by atoms with Crippen molar-refractivity contribution in [3.63, 3.8) is 0 Å². The molecule has 0 aliphatic heterocycles. The van der Waals surface area contributed by atoms with Crippen LogP contribution in [0.2, 0.25) is 0 Å². The molecular formula is C8H15N3S. The van der Waals surface area contributed by atoms with Crippen LogP contribution >= 0.6 is 11.3 Å². The molecule has 0 aromatic carbocycles. The van der Waals surface area contributed by atoms with Crippen LogP contribution in [0.25, 0.3) is 0 Å². The van der Waals surface area contributed by atoms with Crippen LogP contribution in [-0.2, 0) is 6.54 Å². The van der Waals surface area contributed by atoms with Crippen molar-refractivity contribution < 1.29 is 0 Å². The number of aryl methyl sites for hydroxylation is 1. The van der Waals surface area contributed by atoms with E-state index in [9.17, 15) is 0 Å². The fraction of sp³-hybridized carbons (Fsp3) is 0.625. The average Bonchev–Trinajstić information content (AvgIpc) is 2.47. The largest absolute Gasteiger partial charge is 0.329 e. The number of aromatic nitrogens is 1. The Hall–Kier alpha value is -0.450. The number of hydrogen-bond donors (Lipinski definition) is 2. The Morgan fingerprint density at radius 2 is 2.50 bits per heavy atom. The Bertz CT molecular complexity index is 234. The lowest BCUT2D eigenvalue weighted by Gasteiger charge is -2.08. The van der Waals surface area contributed by atoms with Gasteiger partial charge in [0.15, 0.2) is 0 Å². The van der Waals surface area contributed by atoms with Gasteiger partial charge in [0.25, 0.3) is 0 Å². The molecule has 1 rings (SSSR count). The lowest BCUT2D eigenvalue weighted by Crippen LogP contribution is -2.32. The monoisotopic (exact) mass is 185 g/mol.